The Labute approximate surface area is 241 Å². The largest absolute Gasteiger partial charge is 0.480 e. The van der Waals surface area contributed by atoms with Crippen molar-refractivity contribution in [3.05, 3.63) is 0 Å². The van der Waals surface area contributed by atoms with Gasteiger partial charge in [-0.3, -0.25) is 29.0 Å². The summed E-state index contributed by atoms with van der Waals surface area (Å²) < 4.78 is 0. The number of carboxylic acid groups (broad SMARTS) is 2. The molecule has 6 fully saturated rings. The lowest BCUT2D eigenvalue weighted by Gasteiger charge is -2.46. The molecule has 4 aliphatic heterocycles. The van der Waals surface area contributed by atoms with Crippen LogP contribution in [0.5, 0.6) is 0 Å². The molecule has 2 amide bonds. The maximum atomic E-state index is 13.6. The van der Waals surface area contributed by atoms with E-state index in [9.17, 15) is 39.6 Å². The lowest BCUT2D eigenvalue weighted by Crippen LogP contribution is -2.60. The van der Waals surface area contributed by atoms with E-state index in [1.165, 1.54) is 0 Å². The minimum atomic E-state index is -1.06. The third-order valence-electron chi connectivity index (χ3n) is 10.3. The molecule has 8 atom stereocenters. The number of aliphatic hydroxyl groups is 2. The lowest BCUT2D eigenvalue weighted by atomic mass is 9.87. The van der Waals surface area contributed by atoms with Crippen LogP contribution in [0.15, 0.2) is 0 Å². The highest BCUT2D eigenvalue weighted by molar-refractivity contribution is 5.81. The Morgan fingerprint density at radius 1 is 0.634 bits per heavy atom. The zero-order valence-corrected chi connectivity index (χ0v) is 23.9. The minimum absolute atomic E-state index is 0.0336. The molecule has 0 radical (unpaired) electrons. The molecule has 4 saturated heterocycles. The van der Waals surface area contributed by atoms with E-state index in [-0.39, 0.29) is 74.1 Å². The molecule has 0 aromatic carbocycles. The summed E-state index contributed by atoms with van der Waals surface area (Å²) >= 11 is 0. The Kier molecular flexibility index (Phi) is 9.52. The predicted molar refractivity (Wildman–Crippen MR) is 147 cm³/mol. The maximum Gasteiger partial charge on any atom is 0.317 e. The summed E-state index contributed by atoms with van der Waals surface area (Å²) in [5.74, 6) is -2.37. The Balaban J connectivity index is 1.33. The monoisotopic (exact) mass is 578 g/mol. The van der Waals surface area contributed by atoms with Gasteiger partial charge in [-0.15, -0.1) is 0 Å². The van der Waals surface area contributed by atoms with Crippen molar-refractivity contribution in [1.82, 2.24) is 19.6 Å². The summed E-state index contributed by atoms with van der Waals surface area (Å²) in [6, 6.07) is -0.885. The quantitative estimate of drug-likeness (QED) is 0.285. The standard InChI is InChI=1S/C29H46N4O8/c34-22-10-20-8-9-21(11-22)33(20)27(37)15-31(17-29(40)41)24-7-2-1-6-23(24)30(16-28(38)39)14-26(36)32-13-18-4-3-5-19(32)12-25(18)35/h18-25,34-35H,1-17H2,(H,38,39)(H,40,41)/t18?,19-,20-,21+,22?,23?,24?,25?/m0/s1. The third-order valence-corrected chi connectivity index (χ3v) is 10.3. The van der Waals surface area contributed by atoms with E-state index < -0.39 is 24.1 Å². The van der Waals surface area contributed by atoms with Crippen molar-refractivity contribution in [3.8, 4) is 0 Å². The Morgan fingerprint density at radius 2 is 1.20 bits per heavy atom. The van der Waals surface area contributed by atoms with Crippen molar-refractivity contribution < 1.29 is 39.6 Å². The summed E-state index contributed by atoms with van der Waals surface area (Å²) in [4.78, 5) is 58.3. The molecule has 0 aromatic rings. The molecular weight excluding hydrogens is 532 g/mol. The van der Waals surface area contributed by atoms with Crippen LogP contribution in [0.1, 0.15) is 77.0 Å². The topological polar surface area (TPSA) is 162 Å². The van der Waals surface area contributed by atoms with Crippen molar-refractivity contribution in [2.45, 2.75) is 119 Å². The summed E-state index contributed by atoms with van der Waals surface area (Å²) in [5.41, 5.74) is 0. The van der Waals surface area contributed by atoms with Crippen LogP contribution in [0, 0.1) is 5.92 Å². The van der Waals surface area contributed by atoms with Gasteiger partial charge in [-0.05, 0) is 57.8 Å². The van der Waals surface area contributed by atoms with Gasteiger partial charge >= 0.3 is 11.9 Å². The van der Waals surface area contributed by atoms with Gasteiger partial charge in [-0.2, -0.15) is 0 Å². The number of rotatable bonds is 10. The zero-order chi connectivity index (χ0) is 29.3. The van der Waals surface area contributed by atoms with Crippen LogP contribution >= 0.6 is 0 Å². The van der Waals surface area contributed by atoms with Gasteiger partial charge in [0.25, 0.3) is 0 Å². The van der Waals surface area contributed by atoms with Crippen LogP contribution in [0.3, 0.4) is 0 Å². The molecule has 6 rings (SSSR count). The van der Waals surface area contributed by atoms with E-state index in [4.69, 9.17) is 0 Å². The van der Waals surface area contributed by atoms with Gasteiger partial charge in [-0.1, -0.05) is 19.3 Å². The van der Waals surface area contributed by atoms with Crippen molar-refractivity contribution in [3.63, 3.8) is 0 Å². The van der Waals surface area contributed by atoms with E-state index in [0.717, 1.165) is 44.9 Å². The predicted octanol–water partition coefficient (Wildman–Crippen LogP) is 0.347. The highest BCUT2D eigenvalue weighted by atomic mass is 16.4. The van der Waals surface area contributed by atoms with Gasteiger partial charge < -0.3 is 30.2 Å². The number of piperidine rings is 2. The molecule has 12 heteroatoms. The summed E-state index contributed by atoms with van der Waals surface area (Å²) in [6.07, 6.45) is 8.01. The van der Waals surface area contributed by atoms with Crippen LogP contribution in [-0.4, -0.2) is 139 Å². The fourth-order valence-corrected chi connectivity index (χ4v) is 8.55. The van der Waals surface area contributed by atoms with Crippen LogP contribution in [0.25, 0.3) is 0 Å². The number of nitrogens with zero attached hydrogens (tertiary/aromatic N) is 4. The molecule has 6 aliphatic rings. The van der Waals surface area contributed by atoms with E-state index >= 15 is 0 Å². The van der Waals surface area contributed by atoms with Crippen molar-refractivity contribution in [2.24, 2.45) is 5.92 Å². The van der Waals surface area contributed by atoms with Gasteiger partial charge in [0.2, 0.25) is 11.8 Å². The smallest absolute Gasteiger partial charge is 0.317 e. The molecule has 2 saturated carbocycles. The number of amides is 2. The van der Waals surface area contributed by atoms with E-state index in [1.54, 1.807) is 9.80 Å². The van der Waals surface area contributed by atoms with Gasteiger partial charge in [0.05, 0.1) is 38.4 Å². The molecule has 2 aliphatic carbocycles. The second-order valence-electron chi connectivity index (χ2n) is 13.0. The SMILES string of the molecule is O=C(O)CN(CC(=O)N1CC2CCC[C@H]1CC2O)C1CCCCC1N(CC(=O)O)CC(=O)N1[C@@H]2CC[C@H]1CC(O)C2. The molecule has 4 heterocycles. The first-order chi connectivity index (χ1) is 19.6. The molecule has 230 valence electrons. The molecule has 0 spiro atoms. The minimum Gasteiger partial charge on any atom is -0.480 e. The number of carbonyl (C=O) groups excluding carboxylic acids is 2. The zero-order valence-electron chi connectivity index (χ0n) is 23.9. The number of carbonyl (C=O) groups is 4. The Morgan fingerprint density at radius 3 is 1.76 bits per heavy atom. The van der Waals surface area contributed by atoms with Crippen LogP contribution in [0.2, 0.25) is 0 Å². The first-order valence-corrected chi connectivity index (χ1v) is 15.5. The molecular formula is C29H46N4O8. The number of hydrogen-bond acceptors (Lipinski definition) is 8. The van der Waals surface area contributed by atoms with Crippen molar-refractivity contribution in [1.29, 1.82) is 0 Å². The fraction of sp³-hybridized carbons (Fsp3) is 0.862. The Hall–Kier alpha value is -2.28. The second-order valence-corrected chi connectivity index (χ2v) is 13.0. The van der Waals surface area contributed by atoms with Crippen molar-refractivity contribution in [2.75, 3.05) is 32.7 Å². The van der Waals surface area contributed by atoms with Crippen LogP contribution in [0.4, 0.5) is 0 Å². The third kappa shape index (κ3) is 6.87. The highest BCUT2D eigenvalue weighted by Gasteiger charge is 2.45. The van der Waals surface area contributed by atoms with E-state index in [2.05, 4.69) is 0 Å². The number of carboxylic acids is 2. The number of aliphatic hydroxyl groups excluding tert-OH is 2. The van der Waals surface area contributed by atoms with Gasteiger partial charge in [0.15, 0.2) is 0 Å². The average Bonchev–Trinajstić information content (AvgIpc) is 3.06. The summed E-state index contributed by atoms with van der Waals surface area (Å²) in [7, 11) is 0. The molecule has 4 bridgehead atoms. The molecule has 4 N–H and O–H groups in total. The van der Waals surface area contributed by atoms with Gasteiger partial charge in [0, 0.05) is 42.7 Å². The lowest BCUT2D eigenvalue weighted by molar-refractivity contribution is -0.149. The number of aliphatic carboxylic acids is 2. The van der Waals surface area contributed by atoms with Gasteiger partial charge in [-0.25, -0.2) is 0 Å². The summed E-state index contributed by atoms with van der Waals surface area (Å²) in [6.45, 7) is -0.386. The first kappa shape index (κ1) is 30.2. The van der Waals surface area contributed by atoms with Crippen LogP contribution < -0.4 is 0 Å². The molecule has 0 aromatic heterocycles. The molecule has 5 unspecified atom stereocenters. The average molecular weight is 579 g/mol. The summed E-state index contributed by atoms with van der Waals surface area (Å²) in [5, 5.41) is 40.2. The number of fused-ring (bicyclic) bond motifs is 6. The fourth-order valence-electron chi connectivity index (χ4n) is 8.55. The Bertz CT molecular complexity index is 982. The van der Waals surface area contributed by atoms with Crippen molar-refractivity contribution >= 4 is 23.8 Å². The molecule has 41 heavy (non-hydrogen) atoms. The number of hydrogen-bond donors (Lipinski definition) is 4. The van der Waals surface area contributed by atoms with Gasteiger partial charge in [0.1, 0.15) is 0 Å². The normalized spacial score (nSPS) is 35.1. The maximum absolute atomic E-state index is 13.6. The van der Waals surface area contributed by atoms with Crippen LogP contribution in [-0.2, 0) is 19.2 Å². The first-order valence-electron chi connectivity index (χ1n) is 15.5. The second kappa shape index (κ2) is 12.9. The van der Waals surface area contributed by atoms with E-state index in [0.29, 0.717) is 38.6 Å². The van der Waals surface area contributed by atoms with E-state index in [1.807, 2.05) is 9.80 Å². The molecule has 12 nitrogen and oxygen atoms in total. The highest BCUT2D eigenvalue weighted by Crippen LogP contribution is 2.37.